The van der Waals surface area contributed by atoms with Crippen molar-refractivity contribution in [3.05, 3.63) is 108 Å². The maximum Gasteiger partial charge on any atom is 0.338 e. The van der Waals surface area contributed by atoms with E-state index in [1.807, 2.05) is 0 Å². The second-order valence-corrected chi connectivity index (χ2v) is 8.57. The molecule has 0 spiro atoms. The number of aliphatic hydroxyl groups excluding tert-OH is 1. The first kappa shape index (κ1) is 25.6. The summed E-state index contributed by atoms with van der Waals surface area (Å²) in [5.74, 6) is -2.21. The Morgan fingerprint density at radius 2 is 1.00 bits per heavy atom. The fourth-order valence-corrected chi connectivity index (χ4v) is 4.24. The van der Waals surface area contributed by atoms with Crippen molar-refractivity contribution in [1.29, 1.82) is 0 Å². The number of alkyl halides is 1. The van der Waals surface area contributed by atoms with Crippen molar-refractivity contribution in [3.63, 3.8) is 0 Å². The third kappa shape index (κ3) is 5.99. The molecular formula is C27H23BrO8. The smallest absolute Gasteiger partial charge is 0.338 e. The summed E-state index contributed by atoms with van der Waals surface area (Å²) in [5.41, 5.74) is 0.719. The summed E-state index contributed by atoms with van der Waals surface area (Å²) in [4.78, 5) is 38.7. The van der Waals surface area contributed by atoms with Gasteiger partial charge in [-0.3, -0.25) is 0 Å². The number of benzene rings is 3. The number of carbonyl (C=O) groups excluding carboxylic acids is 3. The van der Waals surface area contributed by atoms with Gasteiger partial charge in [-0.15, -0.1) is 0 Å². The van der Waals surface area contributed by atoms with Gasteiger partial charge in [0.05, 0.1) is 16.7 Å². The largest absolute Gasteiger partial charge is 0.452 e. The van der Waals surface area contributed by atoms with Gasteiger partial charge >= 0.3 is 17.9 Å². The molecule has 0 aliphatic carbocycles. The molecule has 1 aliphatic heterocycles. The number of rotatable bonds is 7. The molecule has 1 aliphatic rings. The van der Waals surface area contributed by atoms with E-state index in [9.17, 15) is 19.5 Å². The molecule has 0 radical (unpaired) electrons. The molecule has 0 amide bonds. The highest BCUT2D eigenvalue weighted by atomic mass is 79.9. The second kappa shape index (κ2) is 11.9. The summed E-state index contributed by atoms with van der Waals surface area (Å²) in [6.45, 7) is 0. The van der Waals surface area contributed by atoms with Gasteiger partial charge in [-0.1, -0.05) is 70.5 Å². The molecule has 0 aromatic heterocycles. The zero-order valence-electron chi connectivity index (χ0n) is 18.9. The van der Waals surface area contributed by atoms with E-state index >= 15 is 0 Å². The standard InChI is InChI=1S/C27H23BrO8/c28-16-20-21(34-24(29)17-10-4-1-5-11-17)22(35-25(30)18-12-6-2-7-13-18)23(27(32)33-20)36-26(31)19-14-8-3-9-15-19/h1-15,20-23,27,32H,16H2/t20-,21+,22+,23-,27-/m1/s1. The molecule has 1 saturated heterocycles. The first-order valence-electron chi connectivity index (χ1n) is 11.2. The van der Waals surface area contributed by atoms with Gasteiger partial charge in [-0.2, -0.15) is 0 Å². The van der Waals surface area contributed by atoms with Crippen molar-refractivity contribution in [1.82, 2.24) is 0 Å². The minimum Gasteiger partial charge on any atom is -0.452 e. The summed E-state index contributed by atoms with van der Waals surface area (Å²) in [7, 11) is 0. The van der Waals surface area contributed by atoms with E-state index in [0.29, 0.717) is 0 Å². The molecule has 9 heteroatoms. The molecule has 1 N–H and O–H groups in total. The van der Waals surface area contributed by atoms with Gasteiger partial charge < -0.3 is 24.1 Å². The number of hydrogen-bond acceptors (Lipinski definition) is 8. The van der Waals surface area contributed by atoms with Crippen LogP contribution in [0.3, 0.4) is 0 Å². The Labute approximate surface area is 215 Å². The number of ether oxygens (including phenoxy) is 4. The first-order chi connectivity index (χ1) is 17.5. The van der Waals surface area contributed by atoms with E-state index in [-0.39, 0.29) is 22.0 Å². The van der Waals surface area contributed by atoms with Gasteiger partial charge in [0.25, 0.3) is 0 Å². The number of halogens is 1. The fraction of sp³-hybridized carbons (Fsp3) is 0.222. The maximum absolute atomic E-state index is 13.0. The Balaban J connectivity index is 1.66. The predicted octanol–water partition coefficient (Wildman–Crippen LogP) is 3.78. The lowest BCUT2D eigenvalue weighted by Crippen LogP contribution is -2.62. The van der Waals surface area contributed by atoms with Crippen LogP contribution in [0.1, 0.15) is 31.1 Å². The average Bonchev–Trinajstić information content (AvgIpc) is 2.93. The van der Waals surface area contributed by atoms with Gasteiger partial charge in [-0.25, -0.2) is 14.4 Å². The zero-order chi connectivity index (χ0) is 25.5. The Morgan fingerprint density at radius 1 is 0.639 bits per heavy atom. The van der Waals surface area contributed by atoms with Crippen LogP contribution in [0.2, 0.25) is 0 Å². The molecule has 8 nitrogen and oxygen atoms in total. The molecule has 186 valence electrons. The SMILES string of the molecule is O=C(O[C@@H]1[C@@H](OC(=O)c2ccccc2)[C@H](O)O[C@H](CBr)[C@@H]1OC(=O)c1ccccc1)c1ccccc1. The zero-order valence-corrected chi connectivity index (χ0v) is 20.5. The Morgan fingerprint density at radius 3 is 1.39 bits per heavy atom. The highest BCUT2D eigenvalue weighted by Crippen LogP contribution is 2.30. The van der Waals surface area contributed by atoms with Gasteiger partial charge in [0.1, 0.15) is 6.10 Å². The van der Waals surface area contributed by atoms with Gasteiger partial charge in [0.2, 0.25) is 0 Å². The van der Waals surface area contributed by atoms with Crippen LogP contribution in [-0.2, 0) is 18.9 Å². The minimum atomic E-state index is -1.65. The molecule has 36 heavy (non-hydrogen) atoms. The van der Waals surface area contributed by atoms with Crippen LogP contribution in [0.25, 0.3) is 0 Å². The van der Waals surface area contributed by atoms with Crippen molar-refractivity contribution in [3.8, 4) is 0 Å². The van der Waals surface area contributed by atoms with Crippen LogP contribution in [-0.4, -0.2) is 59.1 Å². The van der Waals surface area contributed by atoms with Gasteiger partial charge in [0.15, 0.2) is 24.6 Å². The van der Waals surface area contributed by atoms with E-state index in [4.69, 9.17) is 18.9 Å². The molecule has 5 atom stereocenters. The van der Waals surface area contributed by atoms with Crippen molar-refractivity contribution in [2.24, 2.45) is 0 Å². The third-order valence-electron chi connectivity index (χ3n) is 5.52. The number of hydrogen-bond donors (Lipinski definition) is 1. The number of aliphatic hydroxyl groups is 1. The molecule has 0 bridgehead atoms. The summed E-state index contributed by atoms with van der Waals surface area (Å²) in [6.07, 6.45) is -6.62. The molecule has 0 saturated carbocycles. The highest BCUT2D eigenvalue weighted by molar-refractivity contribution is 9.09. The summed E-state index contributed by atoms with van der Waals surface area (Å²) < 4.78 is 22.6. The van der Waals surface area contributed by atoms with Crippen molar-refractivity contribution in [2.45, 2.75) is 30.7 Å². The number of esters is 3. The van der Waals surface area contributed by atoms with Crippen LogP contribution in [0.4, 0.5) is 0 Å². The lowest BCUT2D eigenvalue weighted by atomic mass is 9.98. The van der Waals surface area contributed by atoms with Crippen molar-refractivity contribution >= 4 is 33.8 Å². The monoisotopic (exact) mass is 554 g/mol. The topological polar surface area (TPSA) is 108 Å². The lowest BCUT2D eigenvalue weighted by Gasteiger charge is -2.42. The van der Waals surface area contributed by atoms with Crippen LogP contribution < -0.4 is 0 Å². The van der Waals surface area contributed by atoms with Crippen molar-refractivity contribution in [2.75, 3.05) is 5.33 Å². The molecule has 3 aromatic carbocycles. The molecular weight excluding hydrogens is 532 g/mol. The second-order valence-electron chi connectivity index (χ2n) is 7.93. The molecule has 1 fully saturated rings. The van der Waals surface area contributed by atoms with Crippen LogP contribution in [0, 0.1) is 0 Å². The Kier molecular flexibility index (Phi) is 8.48. The van der Waals surface area contributed by atoms with E-state index in [0.717, 1.165) is 0 Å². The van der Waals surface area contributed by atoms with E-state index in [2.05, 4.69) is 15.9 Å². The van der Waals surface area contributed by atoms with Crippen LogP contribution >= 0.6 is 15.9 Å². The van der Waals surface area contributed by atoms with Crippen LogP contribution in [0.5, 0.6) is 0 Å². The van der Waals surface area contributed by atoms with Crippen LogP contribution in [0.15, 0.2) is 91.0 Å². The molecule has 4 rings (SSSR count). The lowest BCUT2D eigenvalue weighted by molar-refractivity contribution is -0.274. The summed E-state index contributed by atoms with van der Waals surface area (Å²) in [6, 6.07) is 24.5. The van der Waals surface area contributed by atoms with Gasteiger partial charge in [0, 0.05) is 5.33 Å². The quantitative estimate of drug-likeness (QED) is 0.267. The highest BCUT2D eigenvalue weighted by Gasteiger charge is 2.51. The van der Waals surface area contributed by atoms with Gasteiger partial charge in [-0.05, 0) is 36.4 Å². The Bertz CT molecular complexity index is 1170. The maximum atomic E-state index is 13.0. The predicted molar refractivity (Wildman–Crippen MR) is 132 cm³/mol. The van der Waals surface area contributed by atoms with Crippen molar-refractivity contribution < 1.29 is 38.4 Å². The minimum absolute atomic E-state index is 0.134. The van der Waals surface area contributed by atoms with E-state index in [1.54, 1.807) is 78.9 Å². The fourth-order valence-electron chi connectivity index (χ4n) is 3.72. The summed E-state index contributed by atoms with van der Waals surface area (Å²) >= 11 is 3.30. The number of carbonyl (C=O) groups is 3. The van der Waals surface area contributed by atoms with E-state index < -0.39 is 48.6 Å². The molecule has 1 heterocycles. The van der Waals surface area contributed by atoms with E-state index in [1.165, 1.54) is 12.1 Å². The molecule has 0 unspecified atom stereocenters. The first-order valence-corrected chi connectivity index (χ1v) is 12.3. The average molecular weight is 555 g/mol. The third-order valence-corrected chi connectivity index (χ3v) is 6.16. The summed E-state index contributed by atoms with van der Waals surface area (Å²) in [5, 5.41) is 10.9. The Hall–Kier alpha value is -3.53. The normalized spacial score (nSPS) is 23.3. The molecule has 3 aromatic rings.